The number of hydrazone groups is 1. The number of hydrogen-bond acceptors (Lipinski definition) is 6. The number of benzene rings is 2. The Morgan fingerprint density at radius 3 is 2.36 bits per heavy atom. The SMILES string of the molecule is C=CCOc1c(Cl)cc(/C=N\NC(=O)c2cc(OC)cc(OC)c2)cc1OC. The quantitative estimate of drug-likeness (QED) is 0.391. The van der Waals surface area contributed by atoms with Gasteiger partial charge in [-0.1, -0.05) is 24.3 Å². The highest BCUT2D eigenvalue weighted by atomic mass is 35.5. The highest BCUT2D eigenvalue weighted by Crippen LogP contribution is 2.36. The van der Waals surface area contributed by atoms with Gasteiger partial charge in [0.25, 0.3) is 5.91 Å². The number of carbonyl (C=O) groups excluding carboxylic acids is 1. The van der Waals surface area contributed by atoms with Crippen molar-refractivity contribution in [1.29, 1.82) is 0 Å². The lowest BCUT2D eigenvalue weighted by Crippen LogP contribution is -2.17. The summed E-state index contributed by atoms with van der Waals surface area (Å²) >= 11 is 6.24. The van der Waals surface area contributed by atoms with E-state index in [9.17, 15) is 4.79 Å². The van der Waals surface area contributed by atoms with Gasteiger partial charge in [0.2, 0.25) is 0 Å². The van der Waals surface area contributed by atoms with Crippen molar-refractivity contribution in [2.45, 2.75) is 0 Å². The molecule has 2 rings (SSSR count). The Morgan fingerprint density at radius 2 is 1.79 bits per heavy atom. The van der Waals surface area contributed by atoms with Gasteiger partial charge in [-0.3, -0.25) is 4.79 Å². The van der Waals surface area contributed by atoms with E-state index in [1.165, 1.54) is 27.5 Å². The van der Waals surface area contributed by atoms with E-state index in [4.69, 9.17) is 30.5 Å². The van der Waals surface area contributed by atoms with Gasteiger partial charge in [-0.2, -0.15) is 5.10 Å². The Morgan fingerprint density at radius 1 is 1.11 bits per heavy atom. The summed E-state index contributed by atoms with van der Waals surface area (Å²) in [5, 5.41) is 4.31. The van der Waals surface area contributed by atoms with Crippen LogP contribution in [0.2, 0.25) is 5.02 Å². The van der Waals surface area contributed by atoms with Gasteiger partial charge in [0.1, 0.15) is 18.1 Å². The van der Waals surface area contributed by atoms with E-state index in [0.717, 1.165) is 0 Å². The first-order chi connectivity index (χ1) is 13.5. The molecular weight excluding hydrogens is 384 g/mol. The molecule has 0 unspecified atom stereocenters. The molecule has 0 heterocycles. The Kier molecular flexibility index (Phi) is 7.71. The van der Waals surface area contributed by atoms with Crippen LogP contribution in [-0.4, -0.2) is 40.1 Å². The molecule has 0 radical (unpaired) electrons. The second-order valence-electron chi connectivity index (χ2n) is 5.43. The molecule has 0 aromatic heterocycles. The third-order valence-corrected chi connectivity index (χ3v) is 3.87. The van der Waals surface area contributed by atoms with E-state index in [-0.39, 0.29) is 0 Å². The van der Waals surface area contributed by atoms with Gasteiger partial charge in [0.15, 0.2) is 11.5 Å². The highest BCUT2D eigenvalue weighted by molar-refractivity contribution is 6.32. The molecule has 2 aromatic carbocycles. The van der Waals surface area contributed by atoms with Crippen LogP contribution < -0.4 is 24.4 Å². The molecule has 1 N–H and O–H groups in total. The molecule has 0 atom stereocenters. The minimum Gasteiger partial charge on any atom is -0.497 e. The number of halogens is 1. The van der Waals surface area contributed by atoms with Crippen LogP contribution >= 0.6 is 11.6 Å². The summed E-state index contributed by atoms with van der Waals surface area (Å²) in [6.45, 7) is 3.89. The lowest BCUT2D eigenvalue weighted by molar-refractivity contribution is 0.0954. The van der Waals surface area contributed by atoms with Gasteiger partial charge in [0.05, 0.1) is 32.6 Å². The van der Waals surface area contributed by atoms with Crippen LogP contribution in [0.3, 0.4) is 0 Å². The fraction of sp³-hybridized carbons (Fsp3) is 0.200. The maximum Gasteiger partial charge on any atom is 0.271 e. The van der Waals surface area contributed by atoms with Crippen molar-refractivity contribution in [3.8, 4) is 23.0 Å². The molecule has 0 aliphatic carbocycles. The van der Waals surface area contributed by atoms with Crippen molar-refractivity contribution < 1.29 is 23.7 Å². The molecule has 2 aromatic rings. The summed E-state index contributed by atoms with van der Waals surface area (Å²) in [7, 11) is 4.52. The van der Waals surface area contributed by atoms with E-state index < -0.39 is 5.91 Å². The first-order valence-corrected chi connectivity index (χ1v) is 8.57. The highest BCUT2D eigenvalue weighted by Gasteiger charge is 2.12. The van der Waals surface area contributed by atoms with Crippen LogP contribution in [0.4, 0.5) is 0 Å². The maximum atomic E-state index is 12.3. The van der Waals surface area contributed by atoms with Gasteiger partial charge >= 0.3 is 0 Å². The fourth-order valence-electron chi connectivity index (χ4n) is 2.27. The lowest BCUT2D eigenvalue weighted by atomic mass is 10.2. The van der Waals surface area contributed by atoms with Crippen LogP contribution in [-0.2, 0) is 0 Å². The number of ether oxygens (including phenoxy) is 4. The van der Waals surface area contributed by atoms with E-state index in [0.29, 0.717) is 45.8 Å². The minimum absolute atomic E-state index is 0.295. The van der Waals surface area contributed by atoms with E-state index in [2.05, 4.69) is 17.1 Å². The van der Waals surface area contributed by atoms with Crippen molar-refractivity contribution in [2.75, 3.05) is 27.9 Å². The molecule has 7 nitrogen and oxygen atoms in total. The third kappa shape index (κ3) is 5.40. The molecule has 0 aliphatic rings. The number of methoxy groups -OCH3 is 3. The molecule has 0 fully saturated rings. The predicted molar refractivity (Wildman–Crippen MR) is 108 cm³/mol. The average molecular weight is 405 g/mol. The first kappa shape index (κ1) is 21.1. The van der Waals surface area contributed by atoms with Crippen molar-refractivity contribution in [1.82, 2.24) is 5.43 Å². The van der Waals surface area contributed by atoms with Crippen LogP contribution in [0.15, 0.2) is 48.1 Å². The summed E-state index contributed by atoms with van der Waals surface area (Å²) in [5.74, 6) is 1.44. The van der Waals surface area contributed by atoms with Crippen LogP contribution in [0.5, 0.6) is 23.0 Å². The maximum absolute atomic E-state index is 12.3. The lowest BCUT2D eigenvalue weighted by Gasteiger charge is -2.12. The Hall–Kier alpha value is -3.19. The first-order valence-electron chi connectivity index (χ1n) is 8.20. The molecule has 28 heavy (non-hydrogen) atoms. The van der Waals surface area contributed by atoms with Crippen molar-refractivity contribution in [3.05, 3.63) is 59.1 Å². The summed E-state index contributed by atoms with van der Waals surface area (Å²) in [6.07, 6.45) is 3.05. The number of carbonyl (C=O) groups is 1. The van der Waals surface area contributed by atoms with E-state index in [1.54, 1.807) is 36.4 Å². The van der Waals surface area contributed by atoms with Gasteiger partial charge in [0, 0.05) is 11.6 Å². The fourth-order valence-corrected chi connectivity index (χ4v) is 2.54. The summed E-state index contributed by atoms with van der Waals surface area (Å²) in [4.78, 5) is 12.3. The zero-order valence-electron chi connectivity index (χ0n) is 15.8. The standard InChI is InChI=1S/C20H21ClN2O5/c1-5-6-28-19-17(21)7-13(8-18(19)27-4)12-22-23-20(24)14-9-15(25-2)11-16(10-14)26-3/h5,7-12H,1,6H2,2-4H3,(H,23,24)/b22-12-. The molecule has 1 amide bonds. The van der Waals surface area contributed by atoms with Crippen LogP contribution in [0.1, 0.15) is 15.9 Å². The van der Waals surface area contributed by atoms with Gasteiger partial charge in [-0.05, 0) is 29.8 Å². The number of rotatable bonds is 9. The number of nitrogens with one attached hydrogen (secondary N) is 1. The molecule has 0 saturated heterocycles. The normalized spacial score (nSPS) is 10.4. The second-order valence-corrected chi connectivity index (χ2v) is 5.84. The number of nitrogens with zero attached hydrogens (tertiary/aromatic N) is 1. The minimum atomic E-state index is -0.419. The zero-order chi connectivity index (χ0) is 20.5. The summed E-state index contributed by atoms with van der Waals surface area (Å²) < 4.78 is 21.1. The van der Waals surface area contributed by atoms with Gasteiger partial charge in [-0.25, -0.2) is 5.43 Å². The molecule has 8 heteroatoms. The van der Waals surface area contributed by atoms with Gasteiger partial charge in [-0.15, -0.1) is 0 Å². The van der Waals surface area contributed by atoms with Crippen molar-refractivity contribution in [2.24, 2.45) is 5.10 Å². The largest absolute Gasteiger partial charge is 0.497 e. The van der Waals surface area contributed by atoms with Crippen LogP contribution in [0, 0.1) is 0 Å². The number of hydrogen-bond donors (Lipinski definition) is 1. The average Bonchev–Trinajstić information content (AvgIpc) is 2.71. The molecule has 0 spiro atoms. The van der Waals surface area contributed by atoms with Crippen molar-refractivity contribution in [3.63, 3.8) is 0 Å². The van der Waals surface area contributed by atoms with E-state index >= 15 is 0 Å². The topological polar surface area (TPSA) is 78.4 Å². The summed E-state index contributed by atoms with van der Waals surface area (Å²) in [5.41, 5.74) is 3.41. The Balaban J connectivity index is 2.15. The second kappa shape index (κ2) is 10.2. The van der Waals surface area contributed by atoms with E-state index in [1.807, 2.05) is 0 Å². The summed E-state index contributed by atoms with van der Waals surface area (Å²) in [6, 6.07) is 8.17. The molecular formula is C20H21ClN2O5. The third-order valence-electron chi connectivity index (χ3n) is 3.59. The Labute approximate surface area is 168 Å². The molecule has 0 saturated carbocycles. The molecule has 0 bridgehead atoms. The monoisotopic (exact) mass is 404 g/mol. The van der Waals surface area contributed by atoms with Crippen molar-refractivity contribution >= 4 is 23.7 Å². The smallest absolute Gasteiger partial charge is 0.271 e. The number of amides is 1. The van der Waals surface area contributed by atoms with Gasteiger partial charge < -0.3 is 18.9 Å². The zero-order valence-corrected chi connectivity index (χ0v) is 16.6. The predicted octanol–water partition coefficient (Wildman–Crippen LogP) is 3.69. The van der Waals surface area contributed by atoms with Crippen LogP contribution in [0.25, 0.3) is 0 Å². The molecule has 0 aliphatic heterocycles. The molecule has 148 valence electrons. The Bertz CT molecular complexity index is 861.